The fourth-order valence-corrected chi connectivity index (χ4v) is 3.85. The molecule has 6 heteroatoms. The minimum absolute atomic E-state index is 0.0287. The summed E-state index contributed by atoms with van der Waals surface area (Å²) in [6.45, 7) is 0. The summed E-state index contributed by atoms with van der Waals surface area (Å²) in [5, 5.41) is 22.9. The maximum absolute atomic E-state index is 12.7. The highest BCUT2D eigenvalue weighted by molar-refractivity contribution is 5.97. The van der Waals surface area contributed by atoms with Crippen molar-refractivity contribution in [1.29, 1.82) is 0 Å². The number of rotatable bonds is 1. The number of nitrogens with one attached hydrogen (secondary N) is 1. The van der Waals surface area contributed by atoms with E-state index in [2.05, 4.69) is 5.32 Å². The van der Waals surface area contributed by atoms with Crippen molar-refractivity contribution in [3.05, 3.63) is 76.9 Å². The normalized spacial score (nSPS) is 15.4. The van der Waals surface area contributed by atoms with Crippen LogP contribution in [0, 0.1) is 0 Å². The largest absolute Gasteiger partial charge is 0.508 e. The van der Waals surface area contributed by atoms with Gasteiger partial charge in [0.1, 0.15) is 23.0 Å². The molecule has 0 unspecified atom stereocenters. The molecule has 27 heavy (non-hydrogen) atoms. The number of benzene rings is 3. The van der Waals surface area contributed by atoms with Crippen molar-refractivity contribution in [2.75, 3.05) is 12.4 Å². The Kier molecular flexibility index (Phi) is 2.98. The molecule has 6 nitrogen and oxygen atoms in total. The second-order valence-electron chi connectivity index (χ2n) is 6.54. The number of ether oxygens (including phenoxy) is 2. The number of hydrogen-bond acceptors (Lipinski definition) is 6. The summed E-state index contributed by atoms with van der Waals surface area (Å²) in [5.74, 6) is 0.349. The molecule has 0 amide bonds. The highest BCUT2D eigenvalue weighted by Gasteiger charge is 2.53. The van der Waals surface area contributed by atoms with Gasteiger partial charge in [0.2, 0.25) is 0 Å². The van der Waals surface area contributed by atoms with Crippen LogP contribution in [0.2, 0.25) is 0 Å². The predicted molar refractivity (Wildman–Crippen MR) is 97.6 cm³/mol. The smallest absolute Gasteiger partial charge is 0.340 e. The third-order valence-corrected chi connectivity index (χ3v) is 5.06. The Morgan fingerprint density at radius 3 is 2.07 bits per heavy atom. The van der Waals surface area contributed by atoms with Crippen LogP contribution >= 0.6 is 0 Å². The molecule has 0 saturated heterocycles. The lowest BCUT2D eigenvalue weighted by Gasteiger charge is -2.36. The van der Waals surface area contributed by atoms with Gasteiger partial charge in [0.15, 0.2) is 5.60 Å². The molecule has 0 saturated carbocycles. The molecule has 0 radical (unpaired) electrons. The van der Waals surface area contributed by atoms with E-state index >= 15 is 0 Å². The number of aromatic hydroxyl groups is 2. The van der Waals surface area contributed by atoms with E-state index in [-0.39, 0.29) is 11.5 Å². The third-order valence-electron chi connectivity index (χ3n) is 5.06. The minimum Gasteiger partial charge on any atom is -0.508 e. The second kappa shape index (κ2) is 5.17. The van der Waals surface area contributed by atoms with Crippen LogP contribution in [-0.4, -0.2) is 23.2 Å². The van der Waals surface area contributed by atoms with Crippen molar-refractivity contribution < 1.29 is 24.5 Å². The molecule has 1 spiro atoms. The summed E-state index contributed by atoms with van der Waals surface area (Å²) in [6.07, 6.45) is 0. The maximum atomic E-state index is 12.7. The first-order valence-electron chi connectivity index (χ1n) is 8.43. The summed E-state index contributed by atoms with van der Waals surface area (Å²) >= 11 is 0. The first-order chi connectivity index (χ1) is 13.0. The molecule has 2 aliphatic rings. The molecule has 5 rings (SSSR count). The number of carbonyl (C=O) groups excluding carboxylic acids is 1. The van der Waals surface area contributed by atoms with Crippen LogP contribution in [0.25, 0.3) is 0 Å². The van der Waals surface area contributed by atoms with E-state index in [4.69, 9.17) is 9.47 Å². The lowest BCUT2D eigenvalue weighted by atomic mass is 9.77. The topological polar surface area (TPSA) is 88.0 Å². The van der Waals surface area contributed by atoms with E-state index in [1.165, 1.54) is 24.3 Å². The molecular weight excluding hydrogens is 346 g/mol. The van der Waals surface area contributed by atoms with E-state index in [1.807, 2.05) is 12.1 Å². The zero-order chi connectivity index (χ0) is 18.8. The average molecular weight is 361 g/mol. The Hall–Kier alpha value is -3.67. The molecule has 3 aromatic carbocycles. The van der Waals surface area contributed by atoms with E-state index in [0.717, 1.165) is 5.69 Å². The number of carbonyl (C=O) groups is 1. The third kappa shape index (κ3) is 1.98. The van der Waals surface area contributed by atoms with Crippen LogP contribution in [-0.2, 0) is 10.3 Å². The van der Waals surface area contributed by atoms with Gasteiger partial charge in [-0.3, -0.25) is 0 Å². The molecule has 0 bridgehead atoms. The van der Waals surface area contributed by atoms with Crippen LogP contribution in [0.3, 0.4) is 0 Å². The van der Waals surface area contributed by atoms with Crippen LogP contribution in [0.15, 0.2) is 54.6 Å². The molecule has 3 aromatic rings. The van der Waals surface area contributed by atoms with E-state index in [0.29, 0.717) is 33.8 Å². The summed E-state index contributed by atoms with van der Waals surface area (Å²) in [4.78, 5) is 12.7. The Bertz CT molecular complexity index is 1070. The fraction of sp³-hybridized carbons (Fsp3) is 0.0952. The van der Waals surface area contributed by atoms with Gasteiger partial charge in [-0.2, -0.15) is 0 Å². The average Bonchev–Trinajstić information content (AvgIpc) is 2.94. The summed E-state index contributed by atoms with van der Waals surface area (Å²) in [7, 11) is 1.80. The van der Waals surface area contributed by atoms with Crippen LogP contribution in [0.4, 0.5) is 5.69 Å². The Morgan fingerprint density at radius 2 is 1.48 bits per heavy atom. The van der Waals surface area contributed by atoms with E-state index in [1.54, 1.807) is 25.2 Å². The lowest BCUT2D eigenvalue weighted by molar-refractivity contribution is 0.0224. The first-order valence-corrected chi connectivity index (χ1v) is 8.43. The van der Waals surface area contributed by atoms with Crippen molar-refractivity contribution >= 4 is 11.7 Å². The van der Waals surface area contributed by atoms with Gasteiger partial charge in [0, 0.05) is 41.6 Å². The van der Waals surface area contributed by atoms with Gasteiger partial charge >= 0.3 is 5.97 Å². The molecule has 0 atom stereocenters. The minimum atomic E-state index is -1.22. The quantitative estimate of drug-likeness (QED) is 0.573. The van der Waals surface area contributed by atoms with E-state index in [9.17, 15) is 15.0 Å². The van der Waals surface area contributed by atoms with Gasteiger partial charge in [-0.25, -0.2) is 4.79 Å². The van der Waals surface area contributed by atoms with Gasteiger partial charge in [0.05, 0.1) is 5.56 Å². The van der Waals surface area contributed by atoms with Crippen molar-refractivity contribution in [2.45, 2.75) is 5.60 Å². The second-order valence-corrected chi connectivity index (χ2v) is 6.54. The Morgan fingerprint density at radius 1 is 0.852 bits per heavy atom. The highest BCUT2D eigenvalue weighted by atomic mass is 16.6. The van der Waals surface area contributed by atoms with Crippen LogP contribution < -0.4 is 10.1 Å². The summed E-state index contributed by atoms with van der Waals surface area (Å²) in [5.41, 5.74) is 1.98. The molecule has 0 aromatic heterocycles. The number of hydrogen-bond donors (Lipinski definition) is 3. The van der Waals surface area contributed by atoms with Crippen molar-refractivity contribution in [1.82, 2.24) is 0 Å². The number of anilines is 1. The zero-order valence-electron chi connectivity index (χ0n) is 14.3. The number of phenolic OH excluding ortho intramolecular Hbond substituents is 2. The van der Waals surface area contributed by atoms with Crippen LogP contribution in [0.5, 0.6) is 23.0 Å². The lowest BCUT2D eigenvalue weighted by Crippen LogP contribution is -2.33. The van der Waals surface area contributed by atoms with Crippen molar-refractivity contribution in [3.8, 4) is 23.0 Å². The van der Waals surface area contributed by atoms with Crippen molar-refractivity contribution in [2.24, 2.45) is 0 Å². The maximum Gasteiger partial charge on any atom is 0.340 e. The van der Waals surface area contributed by atoms with Gasteiger partial charge in [-0.05, 0) is 42.5 Å². The highest BCUT2D eigenvalue weighted by Crippen LogP contribution is 2.57. The summed E-state index contributed by atoms with van der Waals surface area (Å²) in [6, 6.07) is 14.8. The molecule has 0 fully saturated rings. The number of phenols is 2. The molecule has 2 aliphatic heterocycles. The van der Waals surface area contributed by atoms with Gasteiger partial charge < -0.3 is 25.0 Å². The molecule has 3 N–H and O–H groups in total. The monoisotopic (exact) mass is 361 g/mol. The fourth-order valence-electron chi connectivity index (χ4n) is 3.85. The summed E-state index contributed by atoms with van der Waals surface area (Å²) < 4.78 is 11.9. The SMILES string of the molecule is CNc1ccc2c(c1)C1(OC2=O)c2ccc(O)cc2Oc2cc(O)ccc21. The Labute approximate surface area is 154 Å². The van der Waals surface area contributed by atoms with Crippen LogP contribution in [0.1, 0.15) is 27.0 Å². The molecular formula is C21H15NO5. The number of esters is 1. The number of fused-ring (bicyclic) bond motifs is 6. The molecule has 2 heterocycles. The first kappa shape index (κ1) is 15.6. The Balaban J connectivity index is 1.90. The molecule has 0 aliphatic carbocycles. The standard InChI is InChI=1S/C21H15NO5/c1-22-11-2-5-14-17(8-11)21(27-20(14)25)15-6-3-12(23)9-18(15)26-19-10-13(24)4-7-16(19)21/h2-10,22-24H,1H3. The van der Waals surface area contributed by atoms with Gasteiger partial charge in [-0.15, -0.1) is 0 Å². The van der Waals surface area contributed by atoms with Gasteiger partial charge in [0.25, 0.3) is 0 Å². The van der Waals surface area contributed by atoms with E-state index < -0.39 is 11.6 Å². The van der Waals surface area contributed by atoms with Gasteiger partial charge in [-0.1, -0.05) is 0 Å². The van der Waals surface area contributed by atoms with Crippen molar-refractivity contribution in [3.63, 3.8) is 0 Å². The predicted octanol–water partition coefficient (Wildman–Crippen LogP) is 3.71. The zero-order valence-corrected chi connectivity index (χ0v) is 14.3. The molecule has 134 valence electrons.